The van der Waals surface area contributed by atoms with Gasteiger partial charge in [-0.15, -0.1) is 0 Å². The predicted octanol–water partition coefficient (Wildman–Crippen LogP) is 2.26. The standard InChI is InChI=1S/C21H29N3O3S/c25-21(10-6-7-16-13-22-18-9-3-2-8-17(16)18)23-19-14-28(26,27)15-20(19)24-11-4-1-5-12-24/h2-3,8-9,13,19-20,22H,1,4-7,10-12,14-15H2,(H,23,25)/t19-,20+/m1/s1. The SMILES string of the molecule is O=C(CCCc1c[nH]c2ccccc12)N[C@@H]1CS(=O)(=O)C[C@@H]1N1CCCCC1. The Balaban J connectivity index is 1.32. The highest BCUT2D eigenvalue weighted by atomic mass is 32.2. The molecule has 2 aliphatic heterocycles. The number of aromatic nitrogens is 1. The minimum Gasteiger partial charge on any atom is -0.361 e. The van der Waals surface area contributed by atoms with Crippen LogP contribution in [0.25, 0.3) is 10.9 Å². The van der Waals surface area contributed by atoms with Crippen LogP contribution < -0.4 is 5.32 Å². The van der Waals surface area contributed by atoms with E-state index in [0.717, 1.165) is 44.3 Å². The lowest BCUT2D eigenvalue weighted by molar-refractivity contribution is -0.122. The summed E-state index contributed by atoms with van der Waals surface area (Å²) < 4.78 is 24.4. The number of nitrogens with one attached hydrogen (secondary N) is 2. The van der Waals surface area contributed by atoms with Gasteiger partial charge in [0.1, 0.15) is 0 Å². The molecule has 2 saturated heterocycles. The second kappa shape index (κ2) is 8.25. The largest absolute Gasteiger partial charge is 0.361 e. The van der Waals surface area contributed by atoms with Gasteiger partial charge >= 0.3 is 0 Å². The van der Waals surface area contributed by atoms with Gasteiger partial charge in [0.25, 0.3) is 0 Å². The van der Waals surface area contributed by atoms with E-state index in [2.05, 4.69) is 21.3 Å². The molecule has 1 aromatic carbocycles. The van der Waals surface area contributed by atoms with Crippen LogP contribution in [0.4, 0.5) is 0 Å². The quantitative estimate of drug-likeness (QED) is 0.775. The van der Waals surface area contributed by atoms with Crippen molar-refractivity contribution in [2.45, 2.75) is 50.6 Å². The Kier molecular flexibility index (Phi) is 5.73. The summed E-state index contributed by atoms with van der Waals surface area (Å²) >= 11 is 0. The zero-order chi connectivity index (χ0) is 19.6. The summed E-state index contributed by atoms with van der Waals surface area (Å²) in [6, 6.07) is 7.82. The number of hydrogen-bond acceptors (Lipinski definition) is 4. The van der Waals surface area contributed by atoms with Crippen LogP contribution in [0, 0.1) is 0 Å². The van der Waals surface area contributed by atoms with E-state index >= 15 is 0 Å². The molecule has 0 radical (unpaired) electrons. The summed E-state index contributed by atoms with van der Waals surface area (Å²) in [6.45, 7) is 1.88. The number of carbonyl (C=O) groups excluding carboxylic acids is 1. The third-order valence-electron chi connectivity index (χ3n) is 6.05. The number of para-hydroxylation sites is 1. The predicted molar refractivity (Wildman–Crippen MR) is 111 cm³/mol. The average molecular weight is 404 g/mol. The second-order valence-corrected chi connectivity index (χ2v) is 10.3. The number of amides is 1. The van der Waals surface area contributed by atoms with Gasteiger partial charge in [-0.1, -0.05) is 24.6 Å². The van der Waals surface area contributed by atoms with E-state index < -0.39 is 9.84 Å². The molecular formula is C21H29N3O3S. The van der Waals surface area contributed by atoms with Crippen LogP contribution in [0.1, 0.15) is 37.7 Å². The van der Waals surface area contributed by atoms with E-state index in [-0.39, 0.29) is 29.5 Å². The monoisotopic (exact) mass is 403 g/mol. The number of aryl methyl sites for hydroxylation is 1. The number of fused-ring (bicyclic) bond motifs is 1. The topological polar surface area (TPSA) is 82.3 Å². The third kappa shape index (κ3) is 4.41. The molecule has 0 aliphatic carbocycles. The van der Waals surface area contributed by atoms with Crippen molar-refractivity contribution in [1.29, 1.82) is 0 Å². The molecule has 2 fully saturated rings. The van der Waals surface area contributed by atoms with Gasteiger partial charge in [0.2, 0.25) is 5.91 Å². The normalized spacial score (nSPS) is 25.1. The summed E-state index contributed by atoms with van der Waals surface area (Å²) in [5.41, 5.74) is 2.33. The number of hydrogen-bond donors (Lipinski definition) is 2. The van der Waals surface area contributed by atoms with Gasteiger partial charge in [-0.05, 0) is 50.4 Å². The van der Waals surface area contributed by atoms with Crippen molar-refractivity contribution < 1.29 is 13.2 Å². The number of rotatable bonds is 6. The van der Waals surface area contributed by atoms with Crippen LogP contribution in [-0.4, -0.2) is 60.9 Å². The molecule has 4 rings (SSSR count). The zero-order valence-electron chi connectivity index (χ0n) is 16.2. The highest BCUT2D eigenvalue weighted by Crippen LogP contribution is 2.23. The first-order valence-electron chi connectivity index (χ1n) is 10.3. The summed E-state index contributed by atoms with van der Waals surface area (Å²) in [5, 5.41) is 4.24. The number of piperidine rings is 1. The van der Waals surface area contributed by atoms with Crippen LogP contribution in [0.3, 0.4) is 0 Å². The van der Waals surface area contributed by atoms with Crippen molar-refractivity contribution in [2.75, 3.05) is 24.6 Å². The number of aromatic amines is 1. The molecule has 1 amide bonds. The first-order chi connectivity index (χ1) is 13.5. The Labute approximate surface area is 166 Å². The van der Waals surface area contributed by atoms with Crippen LogP contribution in [-0.2, 0) is 21.1 Å². The van der Waals surface area contributed by atoms with Crippen molar-refractivity contribution in [3.63, 3.8) is 0 Å². The van der Waals surface area contributed by atoms with E-state index in [1.165, 1.54) is 17.4 Å². The lowest BCUT2D eigenvalue weighted by Crippen LogP contribution is -2.52. The molecule has 0 unspecified atom stereocenters. The second-order valence-electron chi connectivity index (χ2n) is 8.13. The van der Waals surface area contributed by atoms with Crippen molar-refractivity contribution in [3.8, 4) is 0 Å². The molecule has 3 heterocycles. The van der Waals surface area contributed by atoms with Gasteiger partial charge in [0, 0.05) is 29.6 Å². The number of H-pyrrole nitrogens is 1. The molecular weight excluding hydrogens is 374 g/mol. The maximum absolute atomic E-state index is 12.5. The number of carbonyl (C=O) groups is 1. The van der Waals surface area contributed by atoms with Gasteiger partial charge < -0.3 is 10.3 Å². The highest BCUT2D eigenvalue weighted by molar-refractivity contribution is 7.91. The Bertz CT molecular complexity index is 931. The molecule has 0 spiro atoms. The molecule has 28 heavy (non-hydrogen) atoms. The molecule has 2 atom stereocenters. The maximum atomic E-state index is 12.5. The first-order valence-corrected chi connectivity index (χ1v) is 12.1. The maximum Gasteiger partial charge on any atom is 0.220 e. The number of sulfone groups is 1. The van der Waals surface area contributed by atoms with Gasteiger partial charge in [0.05, 0.1) is 17.5 Å². The van der Waals surface area contributed by atoms with Crippen molar-refractivity contribution in [2.24, 2.45) is 0 Å². The van der Waals surface area contributed by atoms with Gasteiger partial charge in [-0.2, -0.15) is 0 Å². The summed E-state index contributed by atoms with van der Waals surface area (Å²) in [6.07, 6.45) is 7.45. The molecule has 152 valence electrons. The summed E-state index contributed by atoms with van der Waals surface area (Å²) in [4.78, 5) is 18.0. The van der Waals surface area contributed by atoms with Gasteiger partial charge in [-0.3, -0.25) is 9.69 Å². The van der Waals surface area contributed by atoms with Crippen LogP contribution >= 0.6 is 0 Å². The fourth-order valence-electron chi connectivity index (χ4n) is 4.63. The molecule has 1 aromatic heterocycles. The van der Waals surface area contributed by atoms with Gasteiger partial charge in [-0.25, -0.2) is 8.42 Å². The molecule has 0 bridgehead atoms. The van der Waals surface area contributed by atoms with Crippen molar-refractivity contribution in [1.82, 2.24) is 15.2 Å². The number of likely N-dealkylation sites (tertiary alicyclic amines) is 1. The van der Waals surface area contributed by atoms with E-state index in [9.17, 15) is 13.2 Å². The van der Waals surface area contributed by atoms with E-state index in [0.29, 0.717) is 6.42 Å². The Morgan fingerprint density at radius 3 is 2.75 bits per heavy atom. The van der Waals surface area contributed by atoms with E-state index in [4.69, 9.17) is 0 Å². The number of nitrogens with zero attached hydrogens (tertiary/aromatic N) is 1. The van der Waals surface area contributed by atoms with E-state index in [1.807, 2.05) is 24.4 Å². The Morgan fingerprint density at radius 2 is 1.93 bits per heavy atom. The lowest BCUT2D eigenvalue weighted by Gasteiger charge is -2.35. The highest BCUT2D eigenvalue weighted by Gasteiger charge is 2.41. The molecule has 2 aliphatic rings. The summed E-state index contributed by atoms with van der Waals surface area (Å²) in [5.74, 6) is 0.208. The molecule has 2 aromatic rings. The molecule has 2 N–H and O–H groups in total. The minimum atomic E-state index is -3.08. The smallest absolute Gasteiger partial charge is 0.220 e. The molecule has 7 heteroatoms. The van der Waals surface area contributed by atoms with Crippen molar-refractivity contribution in [3.05, 3.63) is 36.0 Å². The van der Waals surface area contributed by atoms with Crippen LogP contribution in [0.2, 0.25) is 0 Å². The number of benzene rings is 1. The molecule has 6 nitrogen and oxygen atoms in total. The Hall–Kier alpha value is -1.86. The minimum absolute atomic E-state index is 0.0380. The fraction of sp³-hybridized carbons (Fsp3) is 0.571. The van der Waals surface area contributed by atoms with E-state index in [1.54, 1.807) is 0 Å². The van der Waals surface area contributed by atoms with Crippen LogP contribution in [0.5, 0.6) is 0 Å². The van der Waals surface area contributed by atoms with Crippen LogP contribution in [0.15, 0.2) is 30.5 Å². The Morgan fingerprint density at radius 1 is 1.14 bits per heavy atom. The third-order valence-corrected chi connectivity index (χ3v) is 7.77. The lowest BCUT2D eigenvalue weighted by atomic mass is 10.0. The summed E-state index contributed by atoms with van der Waals surface area (Å²) in [7, 11) is -3.08. The average Bonchev–Trinajstić information content (AvgIpc) is 3.23. The van der Waals surface area contributed by atoms with Gasteiger partial charge in [0.15, 0.2) is 9.84 Å². The first kappa shape index (κ1) is 19.5. The molecule has 0 saturated carbocycles. The fourth-order valence-corrected chi connectivity index (χ4v) is 6.59. The zero-order valence-corrected chi connectivity index (χ0v) is 17.0. The van der Waals surface area contributed by atoms with Crippen molar-refractivity contribution >= 4 is 26.6 Å².